The molecule has 2 atom stereocenters. The van der Waals surface area contributed by atoms with E-state index in [1.165, 1.54) is 0 Å². The Kier molecular flexibility index (Phi) is 10.8. The maximum Gasteiger partial charge on any atom is 0.322 e. The van der Waals surface area contributed by atoms with Crippen molar-refractivity contribution in [3.05, 3.63) is 0 Å². The average Bonchev–Trinajstić information content (AvgIpc) is 2.52. The SMILES string of the molecule is CSCCC(N)C(=O)NCC(=O)NC(C(=O)NCC(=O)O)C(C)C. The normalized spacial score (nSPS) is 13.0. The largest absolute Gasteiger partial charge is 0.480 e. The number of carboxylic acid groups (broad SMARTS) is 1. The molecule has 10 heteroatoms. The molecule has 2 unspecified atom stereocenters. The maximum atomic E-state index is 11.9. The van der Waals surface area contributed by atoms with E-state index < -0.39 is 42.3 Å². The fourth-order valence-electron chi connectivity index (χ4n) is 1.71. The minimum Gasteiger partial charge on any atom is -0.480 e. The molecule has 0 saturated carbocycles. The third-order valence-electron chi connectivity index (χ3n) is 3.07. The molecule has 0 rings (SSSR count). The van der Waals surface area contributed by atoms with Crippen molar-refractivity contribution in [2.45, 2.75) is 32.4 Å². The number of rotatable bonds is 11. The number of carbonyl (C=O) groups is 4. The quantitative estimate of drug-likeness (QED) is 0.301. The van der Waals surface area contributed by atoms with Crippen LogP contribution in [0.1, 0.15) is 20.3 Å². The van der Waals surface area contributed by atoms with Crippen LogP contribution in [-0.4, -0.2) is 66.0 Å². The van der Waals surface area contributed by atoms with Gasteiger partial charge in [0.25, 0.3) is 0 Å². The van der Waals surface area contributed by atoms with Gasteiger partial charge in [-0.15, -0.1) is 0 Å². The number of hydrogen-bond donors (Lipinski definition) is 5. The molecule has 3 amide bonds. The van der Waals surface area contributed by atoms with E-state index in [0.29, 0.717) is 6.42 Å². The first-order chi connectivity index (χ1) is 11.2. The number of nitrogens with two attached hydrogens (primary N) is 1. The van der Waals surface area contributed by atoms with Crippen LogP contribution in [0.4, 0.5) is 0 Å². The van der Waals surface area contributed by atoms with Crippen molar-refractivity contribution in [3.8, 4) is 0 Å². The van der Waals surface area contributed by atoms with Gasteiger partial charge in [0, 0.05) is 0 Å². The summed E-state index contributed by atoms with van der Waals surface area (Å²) < 4.78 is 0. The Bertz CT molecular complexity index is 458. The Hall–Kier alpha value is -1.81. The minimum absolute atomic E-state index is 0.248. The third-order valence-corrected chi connectivity index (χ3v) is 3.72. The molecule has 0 aromatic carbocycles. The lowest BCUT2D eigenvalue weighted by molar-refractivity contribution is -0.138. The van der Waals surface area contributed by atoms with Gasteiger partial charge in [-0.25, -0.2) is 0 Å². The highest BCUT2D eigenvalue weighted by Crippen LogP contribution is 2.02. The molecule has 9 nitrogen and oxygen atoms in total. The first-order valence-corrected chi connectivity index (χ1v) is 8.89. The number of carboxylic acids is 1. The van der Waals surface area contributed by atoms with Crippen molar-refractivity contribution in [1.29, 1.82) is 0 Å². The Labute approximate surface area is 145 Å². The molecule has 0 heterocycles. The fourth-order valence-corrected chi connectivity index (χ4v) is 2.20. The molecular weight excluding hydrogens is 336 g/mol. The molecule has 138 valence electrons. The number of carbonyl (C=O) groups excluding carboxylic acids is 3. The molecule has 0 fully saturated rings. The van der Waals surface area contributed by atoms with E-state index in [-0.39, 0.29) is 12.5 Å². The number of nitrogens with one attached hydrogen (secondary N) is 3. The Morgan fingerprint density at radius 3 is 2.17 bits per heavy atom. The van der Waals surface area contributed by atoms with Crippen molar-refractivity contribution >= 4 is 35.5 Å². The monoisotopic (exact) mass is 362 g/mol. The van der Waals surface area contributed by atoms with E-state index >= 15 is 0 Å². The van der Waals surface area contributed by atoms with Crippen LogP contribution in [0.5, 0.6) is 0 Å². The first kappa shape index (κ1) is 22.2. The number of aliphatic carboxylic acids is 1. The smallest absolute Gasteiger partial charge is 0.322 e. The fraction of sp³-hybridized carbons (Fsp3) is 0.714. The number of amides is 3. The van der Waals surface area contributed by atoms with Crippen molar-refractivity contribution in [2.75, 3.05) is 25.1 Å². The molecule has 0 spiro atoms. The molecule has 24 heavy (non-hydrogen) atoms. The summed E-state index contributed by atoms with van der Waals surface area (Å²) in [5.74, 6) is -2.27. The van der Waals surface area contributed by atoms with E-state index in [0.717, 1.165) is 5.75 Å². The molecule has 0 aliphatic carbocycles. The molecular formula is C14H26N4O5S. The summed E-state index contributed by atoms with van der Waals surface area (Å²) in [6.45, 7) is 2.59. The molecule has 6 N–H and O–H groups in total. The lowest BCUT2D eigenvalue weighted by atomic mass is 10.0. The van der Waals surface area contributed by atoms with Gasteiger partial charge in [0.05, 0.1) is 12.6 Å². The molecule has 0 aromatic heterocycles. The third kappa shape index (κ3) is 9.36. The zero-order valence-electron chi connectivity index (χ0n) is 14.1. The predicted molar refractivity (Wildman–Crippen MR) is 91.4 cm³/mol. The van der Waals surface area contributed by atoms with Gasteiger partial charge in [-0.05, 0) is 24.3 Å². The molecule has 0 aliphatic heterocycles. The van der Waals surface area contributed by atoms with Gasteiger partial charge in [-0.3, -0.25) is 19.2 Å². The van der Waals surface area contributed by atoms with Gasteiger partial charge in [-0.1, -0.05) is 13.8 Å². The van der Waals surface area contributed by atoms with Gasteiger partial charge in [0.2, 0.25) is 17.7 Å². The topological polar surface area (TPSA) is 151 Å². The van der Waals surface area contributed by atoms with Crippen LogP contribution in [-0.2, 0) is 19.2 Å². The van der Waals surface area contributed by atoms with E-state index in [2.05, 4.69) is 16.0 Å². The Balaban J connectivity index is 4.40. The summed E-state index contributed by atoms with van der Waals surface area (Å²) in [5, 5.41) is 15.7. The van der Waals surface area contributed by atoms with Gasteiger partial charge < -0.3 is 26.8 Å². The van der Waals surface area contributed by atoms with E-state index in [9.17, 15) is 19.2 Å². The summed E-state index contributed by atoms with van der Waals surface area (Å²) in [4.78, 5) is 46.0. The number of hydrogen-bond acceptors (Lipinski definition) is 6. The lowest BCUT2D eigenvalue weighted by Gasteiger charge is -2.21. The van der Waals surface area contributed by atoms with Gasteiger partial charge in [-0.2, -0.15) is 11.8 Å². The van der Waals surface area contributed by atoms with Crippen LogP contribution >= 0.6 is 11.8 Å². The molecule has 0 aliphatic rings. The number of thioether (sulfide) groups is 1. The predicted octanol–water partition coefficient (Wildman–Crippen LogP) is -1.48. The lowest BCUT2D eigenvalue weighted by Crippen LogP contribution is -2.53. The summed E-state index contributed by atoms with van der Waals surface area (Å²) in [6, 6.07) is -1.58. The second-order valence-corrected chi connectivity index (χ2v) is 6.49. The van der Waals surface area contributed by atoms with E-state index in [1.807, 2.05) is 6.26 Å². The van der Waals surface area contributed by atoms with E-state index in [4.69, 9.17) is 10.8 Å². The Morgan fingerprint density at radius 1 is 1.08 bits per heavy atom. The highest BCUT2D eigenvalue weighted by atomic mass is 32.2. The van der Waals surface area contributed by atoms with Crippen LogP contribution in [0.3, 0.4) is 0 Å². The second kappa shape index (κ2) is 11.7. The second-order valence-electron chi connectivity index (χ2n) is 5.51. The van der Waals surface area contributed by atoms with Gasteiger partial charge >= 0.3 is 5.97 Å². The first-order valence-electron chi connectivity index (χ1n) is 7.50. The Morgan fingerprint density at radius 2 is 1.67 bits per heavy atom. The van der Waals surface area contributed by atoms with Crippen molar-refractivity contribution in [1.82, 2.24) is 16.0 Å². The standard InChI is InChI=1S/C14H26N4O5S/c1-8(2)12(14(23)17-7-11(20)21)18-10(19)6-16-13(22)9(15)4-5-24-3/h8-9,12H,4-7,15H2,1-3H3,(H,16,22)(H,17,23)(H,18,19)(H,20,21). The van der Waals surface area contributed by atoms with Crippen molar-refractivity contribution in [3.63, 3.8) is 0 Å². The van der Waals surface area contributed by atoms with Crippen LogP contribution in [0.2, 0.25) is 0 Å². The van der Waals surface area contributed by atoms with Crippen LogP contribution in [0.25, 0.3) is 0 Å². The highest BCUT2D eigenvalue weighted by molar-refractivity contribution is 7.98. The van der Waals surface area contributed by atoms with Gasteiger partial charge in [0.15, 0.2) is 0 Å². The van der Waals surface area contributed by atoms with Crippen molar-refractivity contribution < 1.29 is 24.3 Å². The summed E-state index contributed by atoms with van der Waals surface area (Å²) in [5.41, 5.74) is 5.68. The zero-order valence-corrected chi connectivity index (χ0v) is 14.9. The highest BCUT2D eigenvalue weighted by Gasteiger charge is 2.24. The van der Waals surface area contributed by atoms with Crippen LogP contribution in [0.15, 0.2) is 0 Å². The van der Waals surface area contributed by atoms with Crippen LogP contribution in [0, 0.1) is 5.92 Å². The molecule has 0 saturated heterocycles. The molecule has 0 bridgehead atoms. The van der Waals surface area contributed by atoms with Gasteiger partial charge in [0.1, 0.15) is 12.6 Å². The summed E-state index contributed by atoms with van der Waals surface area (Å²) in [6.07, 6.45) is 2.40. The summed E-state index contributed by atoms with van der Waals surface area (Å²) in [7, 11) is 0. The van der Waals surface area contributed by atoms with E-state index in [1.54, 1.807) is 25.6 Å². The molecule has 0 radical (unpaired) electrons. The zero-order chi connectivity index (χ0) is 18.7. The maximum absolute atomic E-state index is 11.9. The average molecular weight is 362 g/mol. The minimum atomic E-state index is -1.18. The summed E-state index contributed by atoms with van der Waals surface area (Å²) >= 11 is 1.57. The molecule has 0 aromatic rings. The van der Waals surface area contributed by atoms with Crippen molar-refractivity contribution in [2.24, 2.45) is 11.7 Å². The van der Waals surface area contributed by atoms with Crippen LogP contribution < -0.4 is 21.7 Å².